The summed E-state index contributed by atoms with van der Waals surface area (Å²) in [5, 5.41) is 14.2. The summed E-state index contributed by atoms with van der Waals surface area (Å²) in [6.45, 7) is 12.6. The van der Waals surface area contributed by atoms with Crippen molar-refractivity contribution in [3.8, 4) is 0 Å². The average Bonchev–Trinajstić information content (AvgIpc) is 3.02. The van der Waals surface area contributed by atoms with Gasteiger partial charge in [0.2, 0.25) is 5.89 Å². The van der Waals surface area contributed by atoms with Crippen molar-refractivity contribution in [3.63, 3.8) is 0 Å². The van der Waals surface area contributed by atoms with Gasteiger partial charge in [-0.3, -0.25) is 14.7 Å². The number of morpholine rings is 1. The van der Waals surface area contributed by atoms with Crippen LogP contribution in [0.2, 0.25) is 0 Å². The van der Waals surface area contributed by atoms with Gasteiger partial charge < -0.3 is 14.4 Å². The monoisotopic (exact) mass is 339 g/mol. The molecule has 1 aromatic rings. The Morgan fingerprint density at radius 2 is 1.67 bits per heavy atom. The molecule has 0 aliphatic carbocycles. The van der Waals surface area contributed by atoms with E-state index >= 15 is 0 Å². The van der Waals surface area contributed by atoms with Gasteiger partial charge in [0, 0.05) is 52.4 Å². The number of aliphatic hydroxyl groups is 1. The van der Waals surface area contributed by atoms with E-state index in [0.717, 1.165) is 65.6 Å². The fourth-order valence-corrected chi connectivity index (χ4v) is 3.41. The van der Waals surface area contributed by atoms with Crippen molar-refractivity contribution >= 4 is 0 Å². The minimum Gasteiger partial charge on any atom is -0.390 e. The first-order chi connectivity index (χ1) is 11.6. The van der Waals surface area contributed by atoms with Crippen LogP contribution in [0.25, 0.3) is 0 Å². The van der Waals surface area contributed by atoms with Crippen molar-refractivity contribution in [3.05, 3.63) is 11.7 Å². The summed E-state index contributed by atoms with van der Waals surface area (Å²) in [4.78, 5) is 11.3. The van der Waals surface area contributed by atoms with Crippen LogP contribution in [0.5, 0.6) is 0 Å². The Labute approximate surface area is 143 Å². The molecular formula is C16H29N5O3. The largest absolute Gasteiger partial charge is 0.390 e. The highest BCUT2D eigenvalue weighted by molar-refractivity contribution is 4.92. The SMILES string of the molecule is Cc1noc([C@H](C)N2CCN(C[C@@H](O)CN3CCOCC3)CC2)n1. The predicted octanol–water partition coefficient (Wildman–Crippen LogP) is -0.250. The van der Waals surface area contributed by atoms with Gasteiger partial charge in [-0.05, 0) is 13.8 Å². The third kappa shape index (κ3) is 4.73. The van der Waals surface area contributed by atoms with Crippen molar-refractivity contribution in [1.82, 2.24) is 24.8 Å². The standard InChI is InChI=1S/C16H29N5O3/c1-13(16-17-14(2)18-24-16)21-5-3-19(4-6-21)11-15(22)12-20-7-9-23-10-8-20/h13,15,22H,3-12H2,1-2H3/t13-,15+/m0/s1. The van der Waals surface area contributed by atoms with Crippen LogP contribution in [-0.4, -0.2) is 102 Å². The van der Waals surface area contributed by atoms with E-state index in [1.807, 2.05) is 6.92 Å². The summed E-state index contributed by atoms with van der Waals surface area (Å²) in [7, 11) is 0. The smallest absolute Gasteiger partial charge is 0.243 e. The zero-order chi connectivity index (χ0) is 16.9. The molecule has 2 aliphatic heterocycles. The Kier molecular flexibility index (Phi) is 6.18. The van der Waals surface area contributed by atoms with E-state index in [1.54, 1.807) is 0 Å². The molecule has 1 N–H and O–H groups in total. The number of aliphatic hydroxyl groups excluding tert-OH is 1. The normalized spacial score (nSPS) is 24.1. The molecule has 24 heavy (non-hydrogen) atoms. The summed E-state index contributed by atoms with van der Waals surface area (Å²) >= 11 is 0. The molecule has 0 bridgehead atoms. The maximum Gasteiger partial charge on any atom is 0.243 e. The van der Waals surface area contributed by atoms with E-state index in [2.05, 4.69) is 31.8 Å². The second-order valence-electron chi connectivity index (χ2n) is 6.76. The number of hydrogen-bond donors (Lipinski definition) is 1. The zero-order valence-corrected chi connectivity index (χ0v) is 14.7. The van der Waals surface area contributed by atoms with Gasteiger partial charge in [0.15, 0.2) is 5.82 Å². The van der Waals surface area contributed by atoms with Crippen molar-refractivity contribution < 1.29 is 14.4 Å². The predicted molar refractivity (Wildman–Crippen MR) is 88.7 cm³/mol. The highest BCUT2D eigenvalue weighted by Gasteiger charge is 2.26. The Morgan fingerprint density at radius 3 is 2.25 bits per heavy atom. The zero-order valence-electron chi connectivity index (χ0n) is 14.7. The summed E-state index contributed by atoms with van der Waals surface area (Å²) in [5.74, 6) is 1.37. The third-order valence-electron chi connectivity index (χ3n) is 4.90. The number of aromatic nitrogens is 2. The molecule has 1 aromatic heterocycles. The Balaban J connectivity index is 1.39. The fraction of sp³-hybridized carbons (Fsp3) is 0.875. The molecule has 2 atom stereocenters. The molecule has 2 fully saturated rings. The van der Waals surface area contributed by atoms with Crippen LogP contribution in [-0.2, 0) is 4.74 Å². The van der Waals surface area contributed by atoms with Gasteiger partial charge in [-0.2, -0.15) is 4.98 Å². The lowest BCUT2D eigenvalue weighted by Gasteiger charge is -2.38. The lowest BCUT2D eigenvalue weighted by atomic mass is 10.2. The van der Waals surface area contributed by atoms with E-state index in [9.17, 15) is 5.11 Å². The van der Waals surface area contributed by atoms with Crippen molar-refractivity contribution in [2.75, 3.05) is 65.6 Å². The van der Waals surface area contributed by atoms with Crippen LogP contribution in [0.3, 0.4) is 0 Å². The maximum absolute atomic E-state index is 10.3. The van der Waals surface area contributed by atoms with Gasteiger partial charge in [-0.1, -0.05) is 5.16 Å². The summed E-state index contributed by atoms with van der Waals surface area (Å²) in [5.41, 5.74) is 0. The van der Waals surface area contributed by atoms with E-state index in [1.165, 1.54) is 0 Å². The van der Waals surface area contributed by atoms with Gasteiger partial charge >= 0.3 is 0 Å². The van der Waals surface area contributed by atoms with Crippen LogP contribution < -0.4 is 0 Å². The molecule has 0 radical (unpaired) electrons. The van der Waals surface area contributed by atoms with Crippen molar-refractivity contribution in [2.24, 2.45) is 0 Å². The van der Waals surface area contributed by atoms with Crippen LogP contribution in [0.15, 0.2) is 4.52 Å². The van der Waals surface area contributed by atoms with Crippen LogP contribution >= 0.6 is 0 Å². The number of β-amino-alcohol motifs (C(OH)–C–C–N with tert-alkyl or cyclic N) is 1. The lowest BCUT2D eigenvalue weighted by Crippen LogP contribution is -2.51. The van der Waals surface area contributed by atoms with Crippen LogP contribution in [0, 0.1) is 6.92 Å². The topological polar surface area (TPSA) is 78.1 Å². The number of aryl methyl sites for hydroxylation is 1. The molecular weight excluding hydrogens is 310 g/mol. The first kappa shape index (κ1) is 17.8. The number of ether oxygens (including phenoxy) is 1. The van der Waals surface area contributed by atoms with Crippen LogP contribution in [0.4, 0.5) is 0 Å². The Hall–Kier alpha value is -1.06. The molecule has 0 unspecified atom stereocenters. The summed E-state index contributed by atoms with van der Waals surface area (Å²) < 4.78 is 10.6. The van der Waals surface area contributed by atoms with Crippen molar-refractivity contribution in [1.29, 1.82) is 0 Å². The molecule has 0 saturated carbocycles. The molecule has 3 heterocycles. The number of piperazine rings is 1. The molecule has 2 saturated heterocycles. The first-order valence-electron chi connectivity index (χ1n) is 8.86. The van der Waals surface area contributed by atoms with Gasteiger partial charge in [0.05, 0.1) is 25.4 Å². The van der Waals surface area contributed by atoms with E-state index in [4.69, 9.17) is 9.26 Å². The molecule has 8 nitrogen and oxygen atoms in total. The third-order valence-corrected chi connectivity index (χ3v) is 4.90. The van der Waals surface area contributed by atoms with Crippen LogP contribution in [0.1, 0.15) is 24.7 Å². The quantitative estimate of drug-likeness (QED) is 0.760. The van der Waals surface area contributed by atoms with Gasteiger partial charge in [-0.25, -0.2) is 0 Å². The number of hydrogen-bond acceptors (Lipinski definition) is 8. The molecule has 0 amide bonds. The second kappa shape index (κ2) is 8.35. The van der Waals surface area contributed by atoms with Gasteiger partial charge in [-0.15, -0.1) is 0 Å². The number of rotatable bonds is 6. The highest BCUT2D eigenvalue weighted by atomic mass is 16.5. The van der Waals surface area contributed by atoms with E-state index in [-0.39, 0.29) is 12.1 Å². The Bertz CT molecular complexity index is 498. The first-order valence-corrected chi connectivity index (χ1v) is 8.86. The molecule has 136 valence electrons. The van der Waals surface area contributed by atoms with E-state index < -0.39 is 0 Å². The van der Waals surface area contributed by atoms with Crippen molar-refractivity contribution in [2.45, 2.75) is 26.0 Å². The molecule has 0 aromatic carbocycles. The molecule has 8 heteroatoms. The summed E-state index contributed by atoms with van der Waals surface area (Å²) in [6.07, 6.45) is -0.300. The highest BCUT2D eigenvalue weighted by Crippen LogP contribution is 2.20. The second-order valence-corrected chi connectivity index (χ2v) is 6.76. The van der Waals surface area contributed by atoms with Gasteiger partial charge in [0.1, 0.15) is 0 Å². The Morgan fingerprint density at radius 1 is 1.04 bits per heavy atom. The molecule has 0 spiro atoms. The summed E-state index contributed by atoms with van der Waals surface area (Å²) in [6, 6.07) is 0.145. The lowest BCUT2D eigenvalue weighted by molar-refractivity contribution is 0.0000253. The average molecular weight is 339 g/mol. The minimum atomic E-state index is -0.300. The molecule has 3 rings (SSSR count). The molecule has 2 aliphatic rings. The maximum atomic E-state index is 10.3. The van der Waals surface area contributed by atoms with Gasteiger partial charge in [0.25, 0.3) is 0 Å². The minimum absolute atomic E-state index is 0.145. The fourth-order valence-electron chi connectivity index (χ4n) is 3.41. The number of nitrogens with zero attached hydrogens (tertiary/aromatic N) is 5. The van der Waals surface area contributed by atoms with E-state index in [0.29, 0.717) is 11.7 Å².